The number of hydrogen-bond acceptors (Lipinski definition) is 3. The lowest BCUT2D eigenvalue weighted by Crippen LogP contribution is -2.39. The summed E-state index contributed by atoms with van der Waals surface area (Å²) in [6, 6.07) is 5.28. The average Bonchev–Trinajstić information content (AvgIpc) is 2.46. The Labute approximate surface area is 162 Å². The summed E-state index contributed by atoms with van der Waals surface area (Å²) in [5.41, 5.74) is 0.789. The third kappa shape index (κ3) is 11.6. The van der Waals surface area contributed by atoms with Gasteiger partial charge in [0.1, 0.15) is 5.82 Å². The minimum Gasteiger partial charge on any atom is -0.357 e. The quantitative estimate of drug-likeness (QED) is 0.324. The van der Waals surface area contributed by atoms with E-state index in [4.69, 9.17) is 0 Å². The number of nitrogens with zero attached hydrogens (tertiary/aromatic N) is 2. The van der Waals surface area contributed by atoms with Crippen LogP contribution in [-0.2, 0) is 4.79 Å². The van der Waals surface area contributed by atoms with Crippen molar-refractivity contribution in [3.05, 3.63) is 23.9 Å². The van der Waals surface area contributed by atoms with Gasteiger partial charge in [0.25, 0.3) is 0 Å². The fourth-order valence-electron chi connectivity index (χ4n) is 1.75. The van der Waals surface area contributed by atoms with Gasteiger partial charge in [-0.3, -0.25) is 9.79 Å². The number of aryl methyl sites for hydroxylation is 1. The zero-order valence-corrected chi connectivity index (χ0v) is 16.4. The standard InChI is InChI=1S/C15H22F3N5O.HI/c1-3-19-14(21-10-8-15(16,17)18)20-9-7-13(24)23-12-6-4-5-11(2)22-12;/h4-6H,3,7-10H2,1-2H3,(H2,19,20,21)(H,22,23,24);1H. The Hall–Kier alpha value is -1.59. The molecule has 3 N–H and O–H groups in total. The number of pyridine rings is 1. The molecule has 0 bridgehead atoms. The summed E-state index contributed by atoms with van der Waals surface area (Å²) < 4.78 is 36.3. The van der Waals surface area contributed by atoms with Crippen LogP contribution in [0.5, 0.6) is 0 Å². The first-order valence-corrected chi connectivity index (χ1v) is 7.62. The van der Waals surface area contributed by atoms with Gasteiger partial charge in [0.05, 0.1) is 13.0 Å². The Morgan fingerprint density at radius 2 is 2.00 bits per heavy atom. The molecule has 0 atom stereocenters. The molecular formula is C15H23F3IN5O. The van der Waals surface area contributed by atoms with E-state index in [0.717, 1.165) is 5.69 Å². The van der Waals surface area contributed by atoms with Crippen LogP contribution >= 0.6 is 24.0 Å². The van der Waals surface area contributed by atoms with Crippen LogP contribution in [0.25, 0.3) is 0 Å². The Morgan fingerprint density at radius 3 is 2.60 bits per heavy atom. The SMILES string of the molecule is CCNC(=NCCC(F)(F)F)NCCC(=O)Nc1cccc(C)n1.I. The number of anilines is 1. The number of hydrogen-bond donors (Lipinski definition) is 3. The van der Waals surface area contributed by atoms with Gasteiger partial charge in [-0.1, -0.05) is 6.07 Å². The number of aromatic nitrogens is 1. The van der Waals surface area contributed by atoms with E-state index in [1.165, 1.54) is 0 Å². The molecule has 0 unspecified atom stereocenters. The maximum absolute atomic E-state index is 12.1. The van der Waals surface area contributed by atoms with Gasteiger partial charge in [-0.25, -0.2) is 4.98 Å². The molecule has 1 rings (SSSR count). The zero-order chi connectivity index (χ0) is 18.0. The normalized spacial score (nSPS) is 11.5. The van der Waals surface area contributed by atoms with Crippen molar-refractivity contribution in [2.45, 2.75) is 32.9 Å². The van der Waals surface area contributed by atoms with Crippen LogP contribution < -0.4 is 16.0 Å². The van der Waals surface area contributed by atoms with E-state index in [9.17, 15) is 18.0 Å². The van der Waals surface area contributed by atoms with Crippen LogP contribution in [-0.4, -0.2) is 42.7 Å². The predicted molar refractivity (Wildman–Crippen MR) is 102 cm³/mol. The summed E-state index contributed by atoms with van der Waals surface area (Å²) in [7, 11) is 0. The zero-order valence-electron chi connectivity index (χ0n) is 14.1. The molecule has 1 heterocycles. The summed E-state index contributed by atoms with van der Waals surface area (Å²) in [6.45, 7) is 4.01. The fourth-order valence-corrected chi connectivity index (χ4v) is 1.75. The van der Waals surface area contributed by atoms with Crippen molar-refractivity contribution < 1.29 is 18.0 Å². The molecule has 0 spiro atoms. The number of amides is 1. The first-order valence-electron chi connectivity index (χ1n) is 7.62. The molecule has 0 saturated carbocycles. The summed E-state index contributed by atoms with van der Waals surface area (Å²) in [4.78, 5) is 19.8. The topological polar surface area (TPSA) is 78.4 Å². The molecule has 0 aliphatic carbocycles. The molecule has 0 fully saturated rings. The first kappa shape index (κ1) is 23.4. The Morgan fingerprint density at radius 1 is 1.28 bits per heavy atom. The van der Waals surface area contributed by atoms with Crippen LogP contribution in [0.4, 0.5) is 19.0 Å². The monoisotopic (exact) mass is 473 g/mol. The van der Waals surface area contributed by atoms with Crippen molar-refractivity contribution in [1.82, 2.24) is 15.6 Å². The molecule has 0 aliphatic rings. The van der Waals surface area contributed by atoms with Crippen molar-refractivity contribution in [3.8, 4) is 0 Å². The number of alkyl halides is 3. The molecular weight excluding hydrogens is 450 g/mol. The van der Waals surface area contributed by atoms with E-state index in [1.54, 1.807) is 19.1 Å². The molecule has 0 radical (unpaired) electrons. The maximum Gasteiger partial charge on any atom is 0.390 e. The van der Waals surface area contributed by atoms with Crippen LogP contribution in [0.15, 0.2) is 23.2 Å². The fraction of sp³-hybridized carbons (Fsp3) is 0.533. The van der Waals surface area contributed by atoms with Crippen molar-refractivity contribution >= 4 is 41.7 Å². The summed E-state index contributed by atoms with van der Waals surface area (Å²) in [5, 5.41) is 8.30. The maximum atomic E-state index is 12.1. The Kier molecular flexibility index (Phi) is 11.1. The van der Waals surface area contributed by atoms with E-state index in [2.05, 4.69) is 25.9 Å². The van der Waals surface area contributed by atoms with Crippen LogP contribution in [0.3, 0.4) is 0 Å². The van der Waals surface area contributed by atoms with E-state index in [-0.39, 0.29) is 55.4 Å². The van der Waals surface area contributed by atoms with Crippen molar-refractivity contribution in [2.24, 2.45) is 4.99 Å². The predicted octanol–water partition coefficient (Wildman–Crippen LogP) is 2.84. The van der Waals surface area contributed by atoms with Gasteiger partial charge in [-0.05, 0) is 26.0 Å². The number of carbonyl (C=O) groups is 1. The van der Waals surface area contributed by atoms with E-state index < -0.39 is 12.6 Å². The molecule has 1 aromatic rings. The Bertz CT molecular complexity index is 566. The van der Waals surface area contributed by atoms with Gasteiger partial charge in [-0.2, -0.15) is 13.2 Å². The van der Waals surface area contributed by atoms with Gasteiger partial charge < -0.3 is 16.0 Å². The second kappa shape index (κ2) is 11.9. The number of guanidine groups is 1. The average molecular weight is 473 g/mol. The number of aliphatic imine (C=N–C) groups is 1. The molecule has 1 amide bonds. The largest absolute Gasteiger partial charge is 0.390 e. The number of carbonyl (C=O) groups excluding carboxylic acids is 1. The van der Waals surface area contributed by atoms with E-state index in [0.29, 0.717) is 12.4 Å². The molecule has 6 nitrogen and oxygen atoms in total. The lowest BCUT2D eigenvalue weighted by molar-refractivity contribution is -0.132. The van der Waals surface area contributed by atoms with Gasteiger partial charge in [-0.15, -0.1) is 24.0 Å². The smallest absolute Gasteiger partial charge is 0.357 e. The molecule has 25 heavy (non-hydrogen) atoms. The summed E-state index contributed by atoms with van der Waals surface area (Å²) >= 11 is 0. The Balaban J connectivity index is 0.00000576. The van der Waals surface area contributed by atoms with Crippen LogP contribution in [0.1, 0.15) is 25.5 Å². The highest BCUT2D eigenvalue weighted by Crippen LogP contribution is 2.18. The van der Waals surface area contributed by atoms with E-state index >= 15 is 0 Å². The minimum absolute atomic E-state index is 0. The van der Waals surface area contributed by atoms with Crippen molar-refractivity contribution in [2.75, 3.05) is 25.0 Å². The molecule has 0 saturated heterocycles. The molecule has 10 heteroatoms. The third-order valence-electron chi connectivity index (χ3n) is 2.81. The second-order valence-electron chi connectivity index (χ2n) is 5.01. The van der Waals surface area contributed by atoms with Gasteiger partial charge in [0.15, 0.2) is 5.96 Å². The lowest BCUT2D eigenvalue weighted by atomic mass is 10.3. The summed E-state index contributed by atoms with van der Waals surface area (Å²) in [5.74, 6) is 0.473. The number of rotatable bonds is 7. The lowest BCUT2D eigenvalue weighted by Gasteiger charge is -2.11. The molecule has 0 aliphatic heterocycles. The van der Waals surface area contributed by atoms with Gasteiger partial charge in [0, 0.05) is 25.2 Å². The third-order valence-corrected chi connectivity index (χ3v) is 2.81. The molecule has 0 aromatic carbocycles. The van der Waals surface area contributed by atoms with Gasteiger partial charge in [0.2, 0.25) is 5.91 Å². The minimum atomic E-state index is -4.23. The highest BCUT2D eigenvalue weighted by Gasteiger charge is 2.26. The van der Waals surface area contributed by atoms with E-state index in [1.807, 2.05) is 13.0 Å². The molecule has 1 aromatic heterocycles. The van der Waals surface area contributed by atoms with Crippen LogP contribution in [0.2, 0.25) is 0 Å². The molecule has 142 valence electrons. The highest BCUT2D eigenvalue weighted by atomic mass is 127. The first-order chi connectivity index (χ1) is 11.3. The highest BCUT2D eigenvalue weighted by molar-refractivity contribution is 14.0. The number of halogens is 4. The number of nitrogens with one attached hydrogen (secondary N) is 3. The van der Waals surface area contributed by atoms with Crippen molar-refractivity contribution in [3.63, 3.8) is 0 Å². The van der Waals surface area contributed by atoms with Crippen LogP contribution in [0, 0.1) is 6.92 Å². The summed E-state index contributed by atoms with van der Waals surface area (Å²) in [6.07, 6.45) is -5.08. The van der Waals surface area contributed by atoms with Crippen molar-refractivity contribution in [1.29, 1.82) is 0 Å². The van der Waals surface area contributed by atoms with Gasteiger partial charge >= 0.3 is 6.18 Å². The second-order valence-corrected chi connectivity index (χ2v) is 5.01.